The second kappa shape index (κ2) is 9.19. The Balaban J connectivity index is 1.21. The zero-order chi connectivity index (χ0) is 30.5. The molecule has 7 aromatic carbocycles. The molecule has 0 aliphatic heterocycles. The molecule has 9 rings (SSSR count). The van der Waals surface area contributed by atoms with Gasteiger partial charge in [0.25, 0.3) is 0 Å². The van der Waals surface area contributed by atoms with Gasteiger partial charge in [-0.15, -0.1) is 0 Å². The maximum absolute atomic E-state index is 2.45. The fourth-order valence-corrected chi connectivity index (χ4v) is 8.32. The van der Waals surface area contributed by atoms with Crippen molar-refractivity contribution in [1.29, 1.82) is 0 Å². The van der Waals surface area contributed by atoms with Crippen molar-refractivity contribution in [1.82, 2.24) is 0 Å². The molecular formula is C44H35N. The molecule has 0 N–H and O–H groups in total. The summed E-state index contributed by atoms with van der Waals surface area (Å²) in [6.45, 7) is 9.49. The molecule has 2 aliphatic carbocycles. The highest BCUT2D eigenvalue weighted by Crippen LogP contribution is 2.53. The molecule has 1 nitrogen and oxygen atoms in total. The monoisotopic (exact) mass is 577 g/mol. The van der Waals surface area contributed by atoms with Gasteiger partial charge in [0.05, 0.1) is 0 Å². The molecule has 0 spiro atoms. The van der Waals surface area contributed by atoms with Gasteiger partial charge in [-0.2, -0.15) is 0 Å². The molecule has 0 amide bonds. The van der Waals surface area contributed by atoms with Crippen LogP contribution >= 0.6 is 0 Å². The fourth-order valence-electron chi connectivity index (χ4n) is 8.32. The van der Waals surface area contributed by atoms with Crippen LogP contribution < -0.4 is 4.90 Å². The molecule has 45 heavy (non-hydrogen) atoms. The molecule has 0 fully saturated rings. The first kappa shape index (κ1) is 26.3. The molecule has 0 unspecified atom stereocenters. The molecular weight excluding hydrogens is 542 g/mol. The van der Waals surface area contributed by atoms with E-state index < -0.39 is 0 Å². The lowest BCUT2D eigenvalue weighted by atomic mass is 9.80. The van der Waals surface area contributed by atoms with Crippen LogP contribution in [0.15, 0.2) is 140 Å². The first-order valence-electron chi connectivity index (χ1n) is 16.0. The van der Waals surface area contributed by atoms with Crippen LogP contribution in [0, 0.1) is 0 Å². The van der Waals surface area contributed by atoms with E-state index in [2.05, 4.69) is 172 Å². The van der Waals surface area contributed by atoms with E-state index in [0.717, 1.165) is 5.69 Å². The number of para-hydroxylation sites is 1. The van der Waals surface area contributed by atoms with Crippen molar-refractivity contribution < 1.29 is 0 Å². The Labute approximate surface area is 265 Å². The normalized spacial score (nSPS) is 15.0. The standard InChI is InChI=1S/C44H35N/c1-43(2)39-17-11-10-16-35(39)36-23-21-33(27-41(36)43)45(31-13-6-5-7-14-31)32-20-18-29-25-38-37-22-19-28-12-8-9-15-34(28)42(37)44(3,4)40(38)26-30(29)24-32/h5-27H,1-4H3. The second-order valence-electron chi connectivity index (χ2n) is 13.8. The number of anilines is 3. The first-order chi connectivity index (χ1) is 21.8. The Morgan fingerprint density at radius 1 is 0.378 bits per heavy atom. The Morgan fingerprint density at radius 2 is 1.02 bits per heavy atom. The average molecular weight is 578 g/mol. The molecule has 0 atom stereocenters. The van der Waals surface area contributed by atoms with E-state index in [1.165, 1.54) is 77.4 Å². The summed E-state index contributed by atoms with van der Waals surface area (Å²) in [4.78, 5) is 2.42. The summed E-state index contributed by atoms with van der Waals surface area (Å²) < 4.78 is 0. The van der Waals surface area contributed by atoms with E-state index >= 15 is 0 Å². The van der Waals surface area contributed by atoms with Gasteiger partial charge in [0.15, 0.2) is 0 Å². The lowest BCUT2D eigenvalue weighted by Crippen LogP contribution is -2.16. The zero-order valence-electron chi connectivity index (χ0n) is 26.2. The van der Waals surface area contributed by atoms with Gasteiger partial charge >= 0.3 is 0 Å². The van der Waals surface area contributed by atoms with Crippen LogP contribution in [0.5, 0.6) is 0 Å². The average Bonchev–Trinajstić information content (AvgIpc) is 3.43. The van der Waals surface area contributed by atoms with E-state index in [1.807, 2.05) is 0 Å². The van der Waals surface area contributed by atoms with Crippen molar-refractivity contribution in [3.63, 3.8) is 0 Å². The number of hydrogen-bond acceptors (Lipinski definition) is 1. The molecule has 216 valence electrons. The quantitative estimate of drug-likeness (QED) is 0.202. The zero-order valence-corrected chi connectivity index (χ0v) is 26.2. The number of hydrogen-bond donors (Lipinski definition) is 0. The summed E-state index contributed by atoms with van der Waals surface area (Å²) in [5.74, 6) is 0. The number of nitrogens with zero attached hydrogens (tertiary/aromatic N) is 1. The summed E-state index contributed by atoms with van der Waals surface area (Å²) in [5, 5.41) is 5.21. The van der Waals surface area contributed by atoms with E-state index in [-0.39, 0.29) is 10.8 Å². The fraction of sp³-hybridized carbons (Fsp3) is 0.136. The smallest absolute Gasteiger partial charge is 0.0468 e. The third-order valence-corrected chi connectivity index (χ3v) is 10.6. The Hall–Kier alpha value is -5.14. The van der Waals surface area contributed by atoms with E-state index in [1.54, 1.807) is 0 Å². The Morgan fingerprint density at radius 3 is 1.89 bits per heavy atom. The molecule has 2 aliphatic rings. The maximum atomic E-state index is 2.45. The third kappa shape index (κ3) is 3.68. The van der Waals surface area contributed by atoms with Crippen LogP contribution in [-0.2, 0) is 10.8 Å². The minimum atomic E-state index is -0.0879. The van der Waals surface area contributed by atoms with Crippen molar-refractivity contribution in [2.45, 2.75) is 38.5 Å². The summed E-state index contributed by atoms with van der Waals surface area (Å²) in [6, 6.07) is 52.0. The molecule has 7 aromatic rings. The van der Waals surface area contributed by atoms with Crippen LogP contribution in [0.2, 0.25) is 0 Å². The molecule has 0 saturated heterocycles. The van der Waals surface area contributed by atoms with Gasteiger partial charge in [-0.25, -0.2) is 0 Å². The van der Waals surface area contributed by atoms with Crippen molar-refractivity contribution in [2.75, 3.05) is 4.90 Å². The van der Waals surface area contributed by atoms with Crippen molar-refractivity contribution >= 4 is 38.6 Å². The van der Waals surface area contributed by atoms with Gasteiger partial charge in [0, 0.05) is 27.9 Å². The minimum absolute atomic E-state index is 0.0566. The topological polar surface area (TPSA) is 3.24 Å². The predicted molar refractivity (Wildman–Crippen MR) is 191 cm³/mol. The SMILES string of the molecule is CC1(C)c2ccccc2-c2ccc(N(c3ccccc3)c3ccc4cc5c(cc4c3)C(C)(C)c3c-5ccc4ccccc34)cc21. The van der Waals surface area contributed by atoms with Crippen LogP contribution in [-0.4, -0.2) is 0 Å². The lowest BCUT2D eigenvalue weighted by Gasteiger charge is -2.28. The van der Waals surface area contributed by atoms with Crippen LogP contribution in [0.4, 0.5) is 17.1 Å². The highest BCUT2D eigenvalue weighted by molar-refractivity contribution is 6.01. The first-order valence-corrected chi connectivity index (χ1v) is 16.0. The maximum Gasteiger partial charge on any atom is 0.0468 e. The Kier molecular flexibility index (Phi) is 5.37. The van der Waals surface area contributed by atoms with Crippen LogP contribution in [0.25, 0.3) is 43.8 Å². The van der Waals surface area contributed by atoms with Crippen LogP contribution in [0.3, 0.4) is 0 Å². The molecule has 0 aromatic heterocycles. The molecule has 0 bridgehead atoms. The predicted octanol–water partition coefficient (Wildman–Crippen LogP) is 12.1. The van der Waals surface area contributed by atoms with Gasteiger partial charge in [-0.3, -0.25) is 0 Å². The molecule has 1 heteroatoms. The highest BCUT2D eigenvalue weighted by atomic mass is 15.1. The highest BCUT2D eigenvalue weighted by Gasteiger charge is 2.38. The lowest BCUT2D eigenvalue weighted by molar-refractivity contribution is 0.660. The van der Waals surface area contributed by atoms with Gasteiger partial charge in [0.1, 0.15) is 0 Å². The van der Waals surface area contributed by atoms with Crippen LogP contribution in [0.1, 0.15) is 49.9 Å². The molecule has 0 heterocycles. The van der Waals surface area contributed by atoms with E-state index in [0.29, 0.717) is 0 Å². The number of rotatable bonds is 3. The van der Waals surface area contributed by atoms with Gasteiger partial charge in [-0.1, -0.05) is 119 Å². The number of fused-ring (bicyclic) bond motifs is 9. The van der Waals surface area contributed by atoms with Crippen molar-refractivity contribution in [2.24, 2.45) is 0 Å². The Bertz CT molecular complexity index is 2320. The second-order valence-corrected chi connectivity index (χ2v) is 13.8. The van der Waals surface area contributed by atoms with Gasteiger partial charge < -0.3 is 4.90 Å². The summed E-state index contributed by atoms with van der Waals surface area (Å²) in [6.07, 6.45) is 0. The van der Waals surface area contributed by atoms with Crippen molar-refractivity contribution in [3.05, 3.63) is 162 Å². The molecule has 0 saturated carbocycles. The third-order valence-electron chi connectivity index (χ3n) is 10.6. The summed E-state index contributed by atoms with van der Waals surface area (Å²) >= 11 is 0. The molecule has 0 radical (unpaired) electrons. The van der Waals surface area contributed by atoms with Gasteiger partial charge in [0.2, 0.25) is 0 Å². The van der Waals surface area contributed by atoms with Gasteiger partial charge in [-0.05, 0) is 115 Å². The minimum Gasteiger partial charge on any atom is -0.310 e. The summed E-state index contributed by atoms with van der Waals surface area (Å²) in [5.41, 5.74) is 14.4. The largest absolute Gasteiger partial charge is 0.310 e. The number of benzene rings is 7. The van der Waals surface area contributed by atoms with E-state index in [4.69, 9.17) is 0 Å². The van der Waals surface area contributed by atoms with E-state index in [9.17, 15) is 0 Å². The summed E-state index contributed by atoms with van der Waals surface area (Å²) in [7, 11) is 0. The van der Waals surface area contributed by atoms with Crippen molar-refractivity contribution in [3.8, 4) is 22.3 Å².